The molecule has 1 aliphatic carbocycles. The number of hydrazone groups is 1. The quantitative estimate of drug-likeness (QED) is 0.204. The zero-order valence-electron chi connectivity index (χ0n) is 17.5. The lowest BCUT2D eigenvalue weighted by Gasteiger charge is -2.25. The molecule has 5 rings (SSSR count). The number of nitrogens with one attached hydrogen (secondary N) is 1. The molecule has 5 N–H and O–H groups in total. The summed E-state index contributed by atoms with van der Waals surface area (Å²) in [6, 6.07) is 14.5. The largest absolute Gasteiger partial charge is 0.321 e. The first kappa shape index (κ1) is 19.4. The average molecular weight is 415 g/mol. The zero-order chi connectivity index (χ0) is 21.4. The summed E-state index contributed by atoms with van der Waals surface area (Å²) < 4.78 is 2.36. The van der Waals surface area contributed by atoms with Crippen LogP contribution in [0.5, 0.6) is 0 Å². The van der Waals surface area contributed by atoms with Crippen LogP contribution in [-0.2, 0) is 0 Å². The Labute approximate surface area is 180 Å². The molecule has 8 nitrogen and oxygen atoms in total. The standard InChI is InChI=1S/C23H26N8/c1-14-7-9-18-17(26-14)10-11-19(27-18)23-28-20-13-15(22(29-24)30-25)8-12-21(20)31(23)16-5-3-2-4-6-16/h7-13,16H,2-6,24-25H2,1H3,(H,29,30). The molecule has 158 valence electrons. The molecular formula is C23H26N8. The van der Waals surface area contributed by atoms with Gasteiger partial charge in [0.2, 0.25) is 0 Å². The maximum absolute atomic E-state index is 5.56. The number of nitrogens with zero attached hydrogens (tertiary/aromatic N) is 5. The fourth-order valence-corrected chi connectivity index (χ4v) is 4.57. The summed E-state index contributed by atoms with van der Waals surface area (Å²) >= 11 is 0. The number of benzene rings is 1. The minimum Gasteiger partial charge on any atom is -0.321 e. The van der Waals surface area contributed by atoms with Crippen molar-refractivity contribution < 1.29 is 0 Å². The molecule has 1 aliphatic rings. The highest BCUT2D eigenvalue weighted by Gasteiger charge is 2.23. The number of rotatable bonds is 3. The van der Waals surface area contributed by atoms with Crippen LogP contribution in [0.25, 0.3) is 33.6 Å². The molecule has 0 atom stereocenters. The number of pyridine rings is 2. The number of nitrogens with two attached hydrogens (primary N) is 2. The van der Waals surface area contributed by atoms with Gasteiger partial charge in [-0.2, -0.15) is 5.10 Å². The van der Waals surface area contributed by atoms with Crippen LogP contribution in [0.15, 0.2) is 47.6 Å². The van der Waals surface area contributed by atoms with Crippen molar-refractivity contribution >= 4 is 27.9 Å². The number of amidine groups is 1. The lowest BCUT2D eigenvalue weighted by atomic mass is 9.95. The molecule has 31 heavy (non-hydrogen) atoms. The Morgan fingerprint density at radius 2 is 1.74 bits per heavy atom. The predicted octanol–water partition coefficient (Wildman–Crippen LogP) is 3.54. The number of hydrazine groups is 1. The van der Waals surface area contributed by atoms with Gasteiger partial charge in [-0.15, -0.1) is 0 Å². The molecule has 0 spiro atoms. The van der Waals surface area contributed by atoms with E-state index in [9.17, 15) is 0 Å². The minimum atomic E-state index is 0.406. The minimum absolute atomic E-state index is 0.406. The summed E-state index contributed by atoms with van der Waals surface area (Å²) in [7, 11) is 0. The van der Waals surface area contributed by atoms with E-state index in [-0.39, 0.29) is 0 Å². The van der Waals surface area contributed by atoms with E-state index in [1.54, 1.807) is 0 Å². The number of aromatic nitrogens is 4. The second kappa shape index (κ2) is 7.96. The van der Waals surface area contributed by atoms with Crippen molar-refractivity contribution in [1.29, 1.82) is 0 Å². The van der Waals surface area contributed by atoms with Crippen LogP contribution in [0.2, 0.25) is 0 Å². The van der Waals surface area contributed by atoms with Crippen LogP contribution in [0.1, 0.15) is 49.4 Å². The molecule has 3 aromatic heterocycles. The Morgan fingerprint density at radius 1 is 0.968 bits per heavy atom. The summed E-state index contributed by atoms with van der Waals surface area (Å²) in [5, 5.41) is 3.73. The van der Waals surface area contributed by atoms with Gasteiger partial charge in [0.1, 0.15) is 5.69 Å². The fraction of sp³-hybridized carbons (Fsp3) is 0.304. The van der Waals surface area contributed by atoms with E-state index < -0.39 is 0 Å². The monoisotopic (exact) mass is 414 g/mol. The van der Waals surface area contributed by atoms with Crippen LogP contribution in [0.4, 0.5) is 0 Å². The van der Waals surface area contributed by atoms with Crippen molar-refractivity contribution in [3.8, 4) is 11.5 Å². The Morgan fingerprint density at radius 3 is 2.52 bits per heavy atom. The second-order valence-electron chi connectivity index (χ2n) is 8.11. The van der Waals surface area contributed by atoms with E-state index in [1.165, 1.54) is 19.3 Å². The molecule has 1 saturated carbocycles. The molecule has 3 heterocycles. The van der Waals surface area contributed by atoms with Crippen LogP contribution in [0, 0.1) is 6.92 Å². The first-order chi connectivity index (χ1) is 15.2. The highest BCUT2D eigenvalue weighted by molar-refractivity contribution is 6.01. The van der Waals surface area contributed by atoms with Crippen LogP contribution < -0.4 is 17.1 Å². The fourth-order valence-electron chi connectivity index (χ4n) is 4.57. The molecule has 0 amide bonds. The van der Waals surface area contributed by atoms with Gasteiger partial charge in [0.05, 0.1) is 22.1 Å². The molecule has 0 radical (unpaired) electrons. The van der Waals surface area contributed by atoms with E-state index in [0.717, 1.165) is 57.7 Å². The van der Waals surface area contributed by atoms with Crippen molar-refractivity contribution in [2.24, 2.45) is 16.8 Å². The number of hydrogen-bond acceptors (Lipinski definition) is 6. The van der Waals surface area contributed by atoms with Crippen molar-refractivity contribution in [3.05, 3.63) is 53.7 Å². The van der Waals surface area contributed by atoms with Gasteiger partial charge in [0, 0.05) is 17.3 Å². The van der Waals surface area contributed by atoms with E-state index in [2.05, 4.69) is 26.1 Å². The third kappa shape index (κ3) is 3.48. The summed E-state index contributed by atoms with van der Waals surface area (Å²) in [4.78, 5) is 14.5. The van der Waals surface area contributed by atoms with Gasteiger partial charge in [0.25, 0.3) is 0 Å². The summed E-state index contributed by atoms with van der Waals surface area (Å²) in [6.07, 6.45) is 6.05. The predicted molar refractivity (Wildman–Crippen MR) is 123 cm³/mol. The van der Waals surface area contributed by atoms with Crippen molar-refractivity contribution in [2.45, 2.75) is 45.1 Å². The normalized spacial score (nSPS) is 15.6. The van der Waals surface area contributed by atoms with Gasteiger partial charge in [0.15, 0.2) is 11.7 Å². The lowest BCUT2D eigenvalue weighted by Crippen LogP contribution is -2.32. The Hall–Kier alpha value is -3.52. The van der Waals surface area contributed by atoms with E-state index in [4.69, 9.17) is 21.7 Å². The number of imidazole rings is 1. The Bertz CT molecular complexity index is 1280. The van der Waals surface area contributed by atoms with Crippen LogP contribution in [-0.4, -0.2) is 25.4 Å². The topological polar surface area (TPSA) is 120 Å². The van der Waals surface area contributed by atoms with Crippen LogP contribution >= 0.6 is 0 Å². The van der Waals surface area contributed by atoms with Crippen LogP contribution in [0.3, 0.4) is 0 Å². The highest BCUT2D eigenvalue weighted by Crippen LogP contribution is 2.36. The van der Waals surface area contributed by atoms with Gasteiger partial charge < -0.3 is 15.8 Å². The van der Waals surface area contributed by atoms with Crippen molar-refractivity contribution in [1.82, 2.24) is 24.9 Å². The van der Waals surface area contributed by atoms with Crippen molar-refractivity contribution in [2.75, 3.05) is 0 Å². The highest BCUT2D eigenvalue weighted by atomic mass is 15.3. The first-order valence-electron chi connectivity index (χ1n) is 10.7. The summed E-state index contributed by atoms with van der Waals surface area (Å²) in [5.41, 5.74) is 8.90. The number of aryl methyl sites for hydroxylation is 1. The van der Waals surface area contributed by atoms with Gasteiger partial charge in [-0.05, 0) is 62.2 Å². The Balaban J connectivity index is 1.70. The summed E-state index contributed by atoms with van der Waals surface area (Å²) in [6.45, 7) is 1.99. The molecule has 0 aliphatic heterocycles. The molecular weight excluding hydrogens is 388 g/mol. The van der Waals surface area contributed by atoms with E-state index in [1.807, 2.05) is 43.3 Å². The SMILES string of the molecule is Cc1ccc2nc(-c3nc4cc(/C(=N/N)NN)ccc4n3C3CCCCC3)ccc2n1. The molecule has 0 bridgehead atoms. The van der Waals surface area contributed by atoms with E-state index >= 15 is 0 Å². The molecule has 0 saturated heterocycles. The lowest BCUT2D eigenvalue weighted by molar-refractivity contribution is 0.362. The maximum Gasteiger partial charge on any atom is 0.166 e. The number of fused-ring (bicyclic) bond motifs is 2. The molecule has 4 aromatic rings. The second-order valence-corrected chi connectivity index (χ2v) is 8.11. The molecule has 1 aromatic carbocycles. The molecule has 0 unspecified atom stereocenters. The number of hydrogen-bond donors (Lipinski definition) is 3. The molecule has 8 heteroatoms. The van der Waals surface area contributed by atoms with Gasteiger partial charge in [-0.3, -0.25) is 4.98 Å². The van der Waals surface area contributed by atoms with Gasteiger partial charge in [-0.1, -0.05) is 19.3 Å². The summed E-state index contributed by atoms with van der Waals surface area (Å²) in [5.74, 6) is 12.3. The smallest absolute Gasteiger partial charge is 0.166 e. The van der Waals surface area contributed by atoms with Gasteiger partial charge >= 0.3 is 0 Å². The third-order valence-corrected chi connectivity index (χ3v) is 6.08. The Kier molecular flexibility index (Phi) is 4.99. The van der Waals surface area contributed by atoms with E-state index in [0.29, 0.717) is 11.9 Å². The maximum atomic E-state index is 5.56. The average Bonchev–Trinajstić information content (AvgIpc) is 3.19. The third-order valence-electron chi connectivity index (χ3n) is 6.08. The van der Waals surface area contributed by atoms with Crippen molar-refractivity contribution in [3.63, 3.8) is 0 Å². The van der Waals surface area contributed by atoms with Gasteiger partial charge in [-0.25, -0.2) is 15.8 Å². The first-order valence-corrected chi connectivity index (χ1v) is 10.7. The molecule has 1 fully saturated rings. The zero-order valence-corrected chi connectivity index (χ0v) is 17.5.